The van der Waals surface area contributed by atoms with Crippen LogP contribution in [0.15, 0.2) is 56.0 Å². The van der Waals surface area contributed by atoms with Crippen LogP contribution in [0.3, 0.4) is 0 Å². The van der Waals surface area contributed by atoms with E-state index in [-0.39, 0.29) is 11.8 Å². The van der Waals surface area contributed by atoms with Crippen LogP contribution in [0.2, 0.25) is 0 Å². The van der Waals surface area contributed by atoms with Gasteiger partial charge in [-0.2, -0.15) is 0 Å². The van der Waals surface area contributed by atoms with Crippen molar-refractivity contribution in [2.75, 3.05) is 6.61 Å². The van der Waals surface area contributed by atoms with Gasteiger partial charge in [-0.1, -0.05) is 33.2 Å². The van der Waals surface area contributed by atoms with Gasteiger partial charge in [0.25, 0.3) is 0 Å². The Bertz CT molecular complexity index is 848. The largest absolute Gasteiger partial charge is 0.506 e. The maximum atomic E-state index is 9.76. The van der Waals surface area contributed by atoms with Crippen LogP contribution in [0.25, 0.3) is 11.3 Å². The van der Waals surface area contributed by atoms with Crippen molar-refractivity contribution in [3.63, 3.8) is 0 Å². The number of ether oxygens (including phenoxy) is 1. The van der Waals surface area contributed by atoms with E-state index in [1.54, 1.807) is 18.3 Å². The van der Waals surface area contributed by atoms with Crippen LogP contribution in [0.1, 0.15) is 5.56 Å². The maximum Gasteiger partial charge on any atom is 0.335 e. The molecular weight excluding hydrogens is 518 g/mol. The van der Waals surface area contributed by atoms with Crippen LogP contribution in [-0.4, -0.2) is 26.9 Å². The molecule has 0 saturated heterocycles. The van der Waals surface area contributed by atoms with Crippen LogP contribution < -0.4 is 4.74 Å². The van der Waals surface area contributed by atoms with Gasteiger partial charge in [-0.15, -0.1) is 5.10 Å². The van der Waals surface area contributed by atoms with Crippen molar-refractivity contribution in [3.05, 3.63) is 61.6 Å². The van der Waals surface area contributed by atoms with E-state index in [9.17, 15) is 5.11 Å². The third-order valence-corrected chi connectivity index (χ3v) is 5.13. The first-order valence-corrected chi connectivity index (χ1v) is 9.66. The molecule has 0 fully saturated rings. The van der Waals surface area contributed by atoms with Crippen molar-refractivity contribution in [2.24, 2.45) is 0 Å². The smallest absolute Gasteiger partial charge is 0.335 e. The minimum absolute atomic E-state index is 0.137. The maximum absolute atomic E-state index is 9.76. The Labute approximate surface area is 169 Å². The van der Waals surface area contributed by atoms with E-state index in [1.165, 1.54) is 5.56 Å². The van der Waals surface area contributed by atoms with Gasteiger partial charge in [0.2, 0.25) is 0 Å². The molecule has 2 aromatic carbocycles. The summed E-state index contributed by atoms with van der Waals surface area (Å²) in [5, 5.41) is 17.9. The highest BCUT2D eigenvalue weighted by Gasteiger charge is 2.10. The van der Waals surface area contributed by atoms with Gasteiger partial charge in [-0.3, -0.25) is 0 Å². The number of benzene rings is 2. The molecule has 0 amide bonds. The third-order valence-electron chi connectivity index (χ3n) is 3.39. The summed E-state index contributed by atoms with van der Waals surface area (Å²) >= 11 is 10.00. The van der Waals surface area contributed by atoms with E-state index in [0.29, 0.717) is 21.2 Å². The minimum atomic E-state index is 0.137. The molecule has 0 radical (unpaired) electrons. The van der Waals surface area contributed by atoms with Crippen LogP contribution in [0.4, 0.5) is 0 Å². The second-order valence-corrected chi connectivity index (χ2v) is 7.76. The Morgan fingerprint density at radius 3 is 2.24 bits per heavy atom. The fourth-order valence-corrected chi connectivity index (χ4v) is 3.54. The third kappa shape index (κ3) is 4.77. The van der Waals surface area contributed by atoms with Crippen LogP contribution in [0.5, 0.6) is 11.8 Å². The number of hydrogen-bond acceptors (Lipinski definition) is 5. The molecule has 0 aliphatic heterocycles. The van der Waals surface area contributed by atoms with Gasteiger partial charge in [0.1, 0.15) is 11.4 Å². The molecule has 128 valence electrons. The van der Waals surface area contributed by atoms with Crippen LogP contribution in [-0.2, 0) is 6.42 Å². The number of rotatable bonds is 5. The Hall–Kier alpha value is -1.51. The first-order valence-electron chi connectivity index (χ1n) is 7.28. The predicted molar refractivity (Wildman–Crippen MR) is 106 cm³/mol. The zero-order valence-corrected chi connectivity index (χ0v) is 17.5. The topological polar surface area (TPSA) is 68.1 Å². The second-order valence-electron chi connectivity index (χ2n) is 5.14. The van der Waals surface area contributed by atoms with Gasteiger partial charge in [0.15, 0.2) is 0 Å². The summed E-state index contributed by atoms with van der Waals surface area (Å²) in [6.45, 7) is 0.471. The molecule has 5 nitrogen and oxygen atoms in total. The van der Waals surface area contributed by atoms with Gasteiger partial charge in [-0.05, 0) is 61.7 Å². The van der Waals surface area contributed by atoms with Gasteiger partial charge in [0.05, 0.1) is 21.7 Å². The van der Waals surface area contributed by atoms with Crippen LogP contribution >= 0.6 is 47.8 Å². The molecule has 0 saturated carbocycles. The molecule has 1 heterocycles. The van der Waals surface area contributed by atoms with Crippen molar-refractivity contribution in [1.29, 1.82) is 0 Å². The number of nitrogens with zero attached hydrogens (tertiary/aromatic N) is 3. The standard InChI is InChI=1S/C17H12Br3N3O2/c18-12-3-1-10(2-4-12)5-6-25-17-21-9-15(22-23-17)11-7-13(19)16(24)14(20)8-11/h1-4,7-9,24H,5-6H2. The van der Waals surface area contributed by atoms with E-state index < -0.39 is 0 Å². The summed E-state index contributed by atoms with van der Waals surface area (Å²) in [5.41, 5.74) is 2.53. The number of phenols is 1. The van der Waals surface area contributed by atoms with E-state index in [4.69, 9.17) is 4.74 Å². The molecule has 8 heteroatoms. The molecule has 3 rings (SSSR count). The first-order chi connectivity index (χ1) is 12.0. The molecule has 0 atom stereocenters. The zero-order valence-electron chi connectivity index (χ0n) is 12.8. The summed E-state index contributed by atoms with van der Waals surface area (Å²) < 4.78 is 7.72. The Morgan fingerprint density at radius 1 is 0.960 bits per heavy atom. The number of phenolic OH excluding ortho intramolecular Hbond substituents is 1. The fraction of sp³-hybridized carbons (Fsp3) is 0.118. The normalized spacial score (nSPS) is 10.7. The van der Waals surface area contributed by atoms with E-state index >= 15 is 0 Å². The van der Waals surface area contributed by atoms with Crippen molar-refractivity contribution in [1.82, 2.24) is 15.2 Å². The Balaban J connectivity index is 1.63. The molecule has 3 aromatic rings. The van der Waals surface area contributed by atoms with E-state index in [0.717, 1.165) is 16.5 Å². The number of halogens is 3. The van der Waals surface area contributed by atoms with Gasteiger partial charge >= 0.3 is 6.01 Å². The highest BCUT2D eigenvalue weighted by Crippen LogP contribution is 2.36. The lowest BCUT2D eigenvalue weighted by Gasteiger charge is -2.06. The molecule has 0 bridgehead atoms. The lowest BCUT2D eigenvalue weighted by molar-refractivity contribution is 0.292. The molecule has 0 aliphatic carbocycles. The highest BCUT2D eigenvalue weighted by atomic mass is 79.9. The first kappa shape index (κ1) is 18.3. The van der Waals surface area contributed by atoms with Gasteiger partial charge in [-0.25, -0.2) is 4.98 Å². The number of aromatic hydroxyl groups is 1. The molecule has 0 unspecified atom stereocenters. The van der Waals surface area contributed by atoms with Crippen molar-refractivity contribution in [3.8, 4) is 23.0 Å². The number of hydrogen-bond donors (Lipinski definition) is 1. The van der Waals surface area contributed by atoms with Crippen LogP contribution in [0, 0.1) is 0 Å². The molecule has 1 aromatic heterocycles. The minimum Gasteiger partial charge on any atom is -0.506 e. The predicted octanol–water partition coefficient (Wildman–Crippen LogP) is 5.15. The van der Waals surface area contributed by atoms with Gasteiger partial charge in [0, 0.05) is 16.5 Å². The summed E-state index contributed by atoms with van der Waals surface area (Å²) in [7, 11) is 0. The Morgan fingerprint density at radius 2 is 1.64 bits per heavy atom. The van der Waals surface area contributed by atoms with Gasteiger partial charge < -0.3 is 9.84 Å². The SMILES string of the molecule is Oc1c(Br)cc(-c2cnc(OCCc3ccc(Br)cc3)nn2)cc1Br. The average Bonchev–Trinajstić information content (AvgIpc) is 2.61. The van der Waals surface area contributed by atoms with Crippen molar-refractivity contribution >= 4 is 47.8 Å². The Kier molecular flexibility index (Phi) is 6.03. The zero-order chi connectivity index (χ0) is 17.8. The van der Waals surface area contributed by atoms with E-state index in [2.05, 4.69) is 63.0 Å². The lowest BCUT2D eigenvalue weighted by atomic mass is 10.1. The van der Waals surface area contributed by atoms with E-state index in [1.807, 2.05) is 24.3 Å². The highest BCUT2D eigenvalue weighted by molar-refractivity contribution is 9.11. The summed E-state index contributed by atoms with van der Waals surface area (Å²) in [5.74, 6) is 0.137. The average molecular weight is 530 g/mol. The molecule has 0 aliphatic rings. The lowest BCUT2D eigenvalue weighted by Crippen LogP contribution is -2.05. The molecule has 1 N–H and O–H groups in total. The molecular formula is C17H12Br3N3O2. The summed E-state index contributed by atoms with van der Waals surface area (Å²) in [6.07, 6.45) is 2.35. The molecule has 25 heavy (non-hydrogen) atoms. The quantitative estimate of drug-likeness (QED) is 0.495. The summed E-state index contributed by atoms with van der Waals surface area (Å²) in [4.78, 5) is 4.19. The van der Waals surface area contributed by atoms with Crippen molar-refractivity contribution < 1.29 is 9.84 Å². The molecule has 0 spiro atoms. The number of aromatic nitrogens is 3. The second kappa shape index (κ2) is 8.25. The monoisotopic (exact) mass is 527 g/mol. The summed E-state index contributed by atoms with van der Waals surface area (Å²) in [6, 6.07) is 11.8. The fourth-order valence-electron chi connectivity index (χ4n) is 2.09. The van der Waals surface area contributed by atoms with Crippen molar-refractivity contribution in [2.45, 2.75) is 6.42 Å².